The van der Waals surface area contributed by atoms with Gasteiger partial charge in [-0.3, -0.25) is 5.32 Å². The van der Waals surface area contributed by atoms with E-state index in [1.807, 2.05) is 0 Å². The van der Waals surface area contributed by atoms with Crippen LogP contribution < -0.4 is 10.6 Å². The van der Waals surface area contributed by atoms with Crippen LogP contribution in [0.2, 0.25) is 0 Å². The summed E-state index contributed by atoms with van der Waals surface area (Å²) in [7, 11) is 0. The molecule has 0 fully saturated rings. The van der Waals surface area contributed by atoms with Gasteiger partial charge in [-0.25, -0.2) is 9.48 Å². The number of carbonyl (C=O) groups excluding carboxylic acids is 1. The number of alkyl halides is 3. The second-order valence-corrected chi connectivity index (χ2v) is 4.88. The number of carbonyl (C=O) groups is 1. The van der Waals surface area contributed by atoms with E-state index in [9.17, 15) is 18.0 Å². The summed E-state index contributed by atoms with van der Waals surface area (Å²) in [5.74, 6) is 0.171. The Labute approximate surface area is 129 Å². The van der Waals surface area contributed by atoms with Crippen LogP contribution in [-0.2, 0) is 6.18 Å². The molecule has 0 radical (unpaired) electrons. The highest BCUT2D eigenvalue weighted by Gasteiger charge is 2.30. The van der Waals surface area contributed by atoms with Gasteiger partial charge in [0.2, 0.25) is 0 Å². The molecule has 1 heterocycles. The molecule has 0 unspecified atom stereocenters. The van der Waals surface area contributed by atoms with Gasteiger partial charge in [0.15, 0.2) is 5.82 Å². The van der Waals surface area contributed by atoms with E-state index in [0.717, 1.165) is 12.1 Å². The van der Waals surface area contributed by atoms with Crippen LogP contribution in [0, 0.1) is 0 Å². The lowest BCUT2D eigenvalue weighted by Crippen LogP contribution is -2.38. The zero-order valence-corrected chi connectivity index (χ0v) is 12.1. The summed E-state index contributed by atoms with van der Waals surface area (Å²) in [5.41, 5.74) is -0.563. The van der Waals surface area contributed by atoms with Gasteiger partial charge >= 0.3 is 12.2 Å². The minimum Gasteiger partial charge on any atom is -0.394 e. The van der Waals surface area contributed by atoms with Crippen molar-refractivity contribution in [3.63, 3.8) is 0 Å². The number of aliphatic hydroxyl groups excluding tert-OH is 1. The molecule has 0 aliphatic carbocycles. The molecule has 2 amide bonds. The van der Waals surface area contributed by atoms with Gasteiger partial charge in [0, 0.05) is 12.3 Å². The lowest BCUT2D eigenvalue weighted by atomic mass is 10.2. The smallest absolute Gasteiger partial charge is 0.394 e. The molecule has 3 N–H and O–H groups in total. The van der Waals surface area contributed by atoms with Crippen LogP contribution in [0.15, 0.2) is 36.5 Å². The predicted octanol–water partition coefficient (Wildman–Crippen LogP) is 2.39. The highest BCUT2D eigenvalue weighted by atomic mass is 19.4. The molecule has 0 saturated carbocycles. The molecule has 9 heteroatoms. The van der Waals surface area contributed by atoms with Crippen molar-refractivity contribution in [1.29, 1.82) is 0 Å². The van der Waals surface area contributed by atoms with Crippen molar-refractivity contribution in [1.82, 2.24) is 15.1 Å². The number of aliphatic hydroxyl groups is 1. The van der Waals surface area contributed by atoms with Crippen LogP contribution in [-0.4, -0.2) is 33.6 Å². The maximum absolute atomic E-state index is 12.7. The average molecular weight is 328 g/mol. The number of hydrogen-bond acceptors (Lipinski definition) is 3. The number of halogens is 3. The van der Waals surface area contributed by atoms with E-state index < -0.39 is 23.8 Å². The minimum atomic E-state index is -4.44. The molecule has 2 aromatic rings. The van der Waals surface area contributed by atoms with Crippen molar-refractivity contribution >= 4 is 11.8 Å². The van der Waals surface area contributed by atoms with Crippen molar-refractivity contribution < 1.29 is 23.1 Å². The molecule has 1 aromatic carbocycles. The molecule has 124 valence electrons. The lowest BCUT2D eigenvalue weighted by molar-refractivity contribution is -0.137. The monoisotopic (exact) mass is 328 g/mol. The lowest BCUT2D eigenvalue weighted by Gasteiger charge is -2.10. The van der Waals surface area contributed by atoms with Crippen LogP contribution in [0.25, 0.3) is 5.69 Å². The van der Waals surface area contributed by atoms with Gasteiger partial charge in [0.1, 0.15) is 0 Å². The highest BCUT2D eigenvalue weighted by Crippen LogP contribution is 2.30. The van der Waals surface area contributed by atoms with E-state index >= 15 is 0 Å². The van der Waals surface area contributed by atoms with Gasteiger partial charge < -0.3 is 10.4 Å². The number of rotatable bonds is 4. The molecule has 0 aliphatic heterocycles. The normalized spacial score (nSPS) is 12.7. The number of amides is 2. The zero-order chi connectivity index (χ0) is 17.0. The fourth-order valence-corrected chi connectivity index (χ4v) is 1.78. The standard InChI is InChI=1S/C14H15F3N4O2/c1-9(8-22)18-13(23)19-12-5-6-21(20-12)11-4-2-3-10(7-11)14(15,16)17/h2-7,9,22H,8H2,1H3,(H2,18,19,20,23)/t9-/m1/s1. The molecule has 6 nitrogen and oxygen atoms in total. The van der Waals surface area contributed by atoms with Gasteiger partial charge in [-0.2, -0.15) is 13.2 Å². The van der Waals surface area contributed by atoms with E-state index in [2.05, 4.69) is 15.7 Å². The fraction of sp³-hybridized carbons (Fsp3) is 0.286. The molecular formula is C14H15F3N4O2. The maximum atomic E-state index is 12.7. The van der Waals surface area contributed by atoms with Crippen LogP contribution in [0.5, 0.6) is 0 Å². The van der Waals surface area contributed by atoms with Gasteiger partial charge in [-0.15, -0.1) is 5.10 Å². The number of nitrogens with zero attached hydrogens (tertiary/aromatic N) is 2. The van der Waals surface area contributed by atoms with Gasteiger partial charge in [0.05, 0.1) is 23.9 Å². The van der Waals surface area contributed by atoms with E-state index in [1.54, 1.807) is 6.92 Å². The van der Waals surface area contributed by atoms with Crippen molar-refractivity contribution in [2.45, 2.75) is 19.1 Å². The first-order valence-corrected chi connectivity index (χ1v) is 6.71. The summed E-state index contributed by atoms with van der Waals surface area (Å²) in [5, 5.41) is 17.7. The number of anilines is 1. The highest BCUT2D eigenvalue weighted by molar-refractivity contribution is 5.88. The molecule has 0 saturated heterocycles. The van der Waals surface area contributed by atoms with Crippen molar-refractivity contribution in [3.05, 3.63) is 42.1 Å². The van der Waals surface area contributed by atoms with Crippen LogP contribution in [0.4, 0.5) is 23.8 Å². The van der Waals surface area contributed by atoms with Crippen LogP contribution in [0.3, 0.4) is 0 Å². The SMILES string of the molecule is C[C@H](CO)NC(=O)Nc1ccn(-c2cccc(C(F)(F)F)c2)n1. The third-order valence-corrected chi connectivity index (χ3v) is 2.92. The number of aromatic nitrogens is 2. The first kappa shape index (κ1) is 16.8. The van der Waals surface area contributed by atoms with Crippen molar-refractivity contribution in [2.75, 3.05) is 11.9 Å². The summed E-state index contributed by atoms with van der Waals surface area (Å²) < 4.78 is 39.3. The molecule has 0 spiro atoms. The Morgan fingerprint density at radius 3 is 2.78 bits per heavy atom. The Morgan fingerprint density at radius 1 is 1.39 bits per heavy atom. The van der Waals surface area contributed by atoms with E-state index in [1.165, 1.54) is 29.1 Å². The van der Waals surface area contributed by atoms with E-state index in [0.29, 0.717) is 0 Å². The molecule has 0 bridgehead atoms. The van der Waals surface area contributed by atoms with Gasteiger partial charge in [0.25, 0.3) is 0 Å². The second-order valence-electron chi connectivity index (χ2n) is 4.88. The van der Waals surface area contributed by atoms with Crippen molar-refractivity contribution in [3.8, 4) is 5.69 Å². The maximum Gasteiger partial charge on any atom is 0.416 e. The number of nitrogens with one attached hydrogen (secondary N) is 2. The molecule has 1 atom stereocenters. The first-order valence-electron chi connectivity index (χ1n) is 6.71. The molecule has 0 aliphatic rings. The number of benzene rings is 1. The van der Waals surface area contributed by atoms with E-state index in [-0.39, 0.29) is 18.1 Å². The summed E-state index contributed by atoms with van der Waals surface area (Å²) in [6.45, 7) is 1.40. The Morgan fingerprint density at radius 2 is 2.13 bits per heavy atom. The third-order valence-electron chi connectivity index (χ3n) is 2.92. The molecular weight excluding hydrogens is 313 g/mol. The van der Waals surface area contributed by atoms with E-state index in [4.69, 9.17) is 5.11 Å². The third kappa shape index (κ3) is 4.46. The summed E-state index contributed by atoms with van der Waals surface area (Å²) in [4.78, 5) is 11.6. The summed E-state index contributed by atoms with van der Waals surface area (Å²) in [6, 6.07) is 5.13. The zero-order valence-electron chi connectivity index (χ0n) is 12.1. The predicted molar refractivity (Wildman–Crippen MR) is 77.3 cm³/mol. The van der Waals surface area contributed by atoms with Crippen LogP contribution >= 0.6 is 0 Å². The largest absolute Gasteiger partial charge is 0.416 e. The Kier molecular flexibility index (Phi) is 4.89. The minimum absolute atomic E-state index is 0.171. The molecule has 23 heavy (non-hydrogen) atoms. The quantitative estimate of drug-likeness (QED) is 0.806. The average Bonchev–Trinajstić information content (AvgIpc) is 2.94. The van der Waals surface area contributed by atoms with Gasteiger partial charge in [-0.1, -0.05) is 6.07 Å². The Balaban J connectivity index is 2.12. The Bertz CT molecular complexity index is 685. The summed E-state index contributed by atoms with van der Waals surface area (Å²) >= 11 is 0. The number of hydrogen-bond donors (Lipinski definition) is 3. The van der Waals surface area contributed by atoms with Crippen molar-refractivity contribution in [2.24, 2.45) is 0 Å². The topological polar surface area (TPSA) is 79.2 Å². The first-order chi connectivity index (χ1) is 10.8. The number of urea groups is 1. The Hall–Kier alpha value is -2.55. The second kappa shape index (κ2) is 6.69. The molecule has 1 aromatic heterocycles. The van der Waals surface area contributed by atoms with Gasteiger partial charge in [-0.05, 0) is 25.1 Å². The molecule has 2 rings (SSSR count). The fourth-order valence-electron chi connectivity index (χ4n) is 1.78. The van der Waals surface area contributed by atoms with Crippen LogP contribution in [0.1, 0.15) is 12.5 Å². The summed E-state index contributed by atoms with van der Waals surface area (Å²) in [6.07, 6.45) is -3.01.